The van der Waals surface area contributed by atoms with Crippen molar-refractivity contribution < 1.29 is 19.4 Å². The molecule has 5 nitrogen and oxygen atoms in total. The predicted octanol–water partition coefficient (Wildman–Crippen LogP) is 1.53. The second kappa shape index (κ2) is 4.91. The Kier molecular flexibility index (Phi) is 3.46. The van der Waals surface area contributed by atoms with Gasteiger partial charge in [0, 0.05) is 13.0 Å². The number of carbonyl (C=O) groups is 2. The highest BCUT2D eigenvalue weighted by Crippen LogP contribution is 2.35. The van der Waals surface area contributed by atoms with E-state index in [1.54, 1.807) is 13.0 Å². The second-order valence-corrected chi connectivity index (χ2v) is 4.88. The molecule has 0 saturated carbocycles. The van der Waals surface area contributed by atoms with Crippen molar-refractivity contribution in [2.75, 3.05) is 18.6 Å². The summed E-state index contributed by atoms with van der Waals surface area (Å²) in [4.78, 5) is 24.9. The minimum atomic E-state index is -0.460. The van der Waals surface area contributed by atoms with Crippen LogP contribution in [0, 0.1) is 19.8 Å². The maximum atomic E-state index is 12.0. The van der Waals surface area contributed by atoms with Crippen LogP contribution in [0.5, 0.6) is 5.75 Å². The summed E-state index contributed by atoms with van der Waals surface area (Å²) >= 11 is 0. The van der Waals surface area contributed by atoms with Crippen molar-refractivity contribution >= 4 is 17.6 Å². The first kappa shape index (κ1) is 13.4. The van der Waals surface area contributed by atoms with Gasteiger partial charge in [-0.3, -0.25) is 9.59 Å². The van der Waals surface area contributed by atoms with Crippen LogP contribution in [-0.4, -0.2) is 30.6 Å². The number of nitrogens with zero attached hydrogens (tertiary/aromatic N) is 1. The van der Waals surface area contributed by atoms with Gasteiger partial charge < -0.3 is 14.7 Å². The number of phenols is 1. The minimum Gasteiger partial charge on any atom is -0.505 e. The smallest absolute Gasteiger partial charge is 0.311 e. The standard InChI is InChI=1S/C14H17NO4/c1-8-4-9(2)13(17)11(5-8)15-7-10(6-12(15)16)14(18)19-3/h4-5,10,17H,6-7H2,1-3H3. The maximum absolute atomic E-state index is 12.0. The topological polar surface area (TPSA) is 66.8 Å². The Labute approximate surface area is 111 Å². The van der Waals surface area contributed by atoms with E-state index in [0.29, 0.717) is 11.3 Å². The number of rotatable bonds is 2. The van der Waals surface area contributed by atoms with E-state index in [1.807, 2.05) is 13.0 Å². The zero-order valence-corrected chi connectivity index (χ0v) is 11.3. The summed E-state index contributed by atoms with van der Waals surface area (Å²) in [7, 11) is 1.31. The van der Waals surface area contributed by atoms with Crippen molar-refractivity contribution in [2.24, 2.45) is 5.92 Å². The van der Waals surface area contributed by atoms with Crippen LogP contribution in [0.2, 0.25) is 0 Å². The van der Waals surface area contributed by atoms with Crippen LogP contribution in [0.3, 0.4) is 0 Å². The SMILES string of the molecule is COC(=O)C1CC(=O)N(c2cc(C)cc(C)c2O)C1. The largest absolute Gasteiger partial charge is 0.505 e. The molecule has 1 aliphatic rings. The lowest BCUT2D eigenvalue weighted by molar-refractivity contribution is -0.145. The number of amides is 1. The fraction of sp³-hybridized carbons (Fsp3) is 0.429. The van der Waals surface area contributed by atoms with Crippen molar-refractivity contribution in [3.63, 3.8) is 0 Å². The van der Waals surface area contributed by atoms with Crippen LogP contribution in [0.1, 0.15) is 17.5 Å². The molecule has 1 aliphatic heterocycles. The van der Waals surface area contributed by atoms with Gasteiger partial charge in [-0.2, -0.15) is 0 Å². The zero-order chi connectivity index (χ0) is 14.2. The molecule has 0 aliphatic carbocycles. The number of methoxy groups -OCH3 is 1. The number of aromatic hydroxyl groups is 1. The Morgan fingerprint density at radius 2 is 2.11 bits per heavy atom. The maximum Gasteiger partial charge on any atom is 0.311 e. The molecule has 2 rings (SSSR count). The molecule has 1 heterocycles. The molecule has 0 bridgehead atoms. The third-order valence-electron chi connectivity index (χ3n) is 3.38. The fourth-order valence-electron chi connectivity index (χ4n) is 2.41. The number of esters is 1. The quantitative estimate of drug-likeness (QED) is 0.822. The van der Waals surface area contributed by atoms with Crippen LogP contribution >= 0.6 is 0 Å². The molecule has 0 radical (unpaired) electrons. The number of ether oxygens (including phenoxy) is 1. The van der Waals surface area contributed by atoms with E-state index in [0.717, 1.165) is 5.56 Å². The van der Waals surface area contributed by atoms with Gasteiger partial charge in [-0.1, -0.05) is 6.07 Å². The molecule has 1 aromatic rings. The van der Waals surface area contributed by atoms with E-state index in [4.69, 9.17) is 0 Å². The van der Waals surface area contributed by atoms with Crippen molar-refractivity contribution in [3.05, 3.63) is 23.3 Å². The minimum absolute atomic E-state index is 0.0875. The molecule has 102 valence electrons. The van der Waals surface area contributed by atoms with Crippen LogP contribution in [0.4, 0.5) is 5.69 Å². The molecule has 1 amide bonds. The van der Waals surface area contributed by atoms with E-state index in [-0.39, 0.29) is 30.6 Å². The highest BCUT2D eigenvalue weighted by atomic mass is 16.5. The Balaban J connectivity index is 2.33. The number of benzene rings is 1. The van der Waals surface area contributed by atoms with Crippen molar-refractivity contribution in [1.29, 1.82) is 0 Å². The number of anilines is 1. The van der Waals surface area contributed by atoms with Gasteiger partial charge in [0.15, 0.2) is 0 Å². The summed E-state index contributed by atoms with van der Waals surface area (Å²) in [5, 5.41) is 10.1. The monoisotopic (exact) mass is 263 g/mol. The van der Waals surface area contributed by atoms with Crippen molar-refractivity contribution in [1.82, 2.24) is 0 Å². The summed E-state index contributed by atoms with van der Waals surface area (Å²) < 4.78 is 4.66. The van der Waals surface area contributed by atoms with E-state index in [9.17, 15) is 14.7 Å². The number of phenolic OH excluding ortho intramolecular Hbond substituents is 1. The van der Waals surface area contributed by atoms with Gasteiger partial charge in [0.2, 0.25) is 5.91 Å². The molecule has 1 saturated heterocycles. The molecule has 5 heteroatoms. The molecule has 1 atom stereocenters. The third kappa shape index (κ3) is 2.41. The number of hydrogen-bond acceptors (Lipinski definition) is 4. The van der Waals surface area contributed by atoms with Gasteiger partial charge in [0.1, 0.15) is 5.75 Å². The van der Waals surface area contributed by atoms with Crippen LogP contribution < -0.4 is 4.90 Å². The molecule has 1 aromatic carbocycles. The van der Waals surface area contributed by atoms with Gasteiger partial charge in [-0.25, -0.2) is 0 Å². The lowest BCUT2D eigenvalue weighted by Crippen LogP contribution is -2.26. The number of carbonyl (C=O) groups excluding carboxylic acids is 2. The Morgan fingerprint density at radius 1 is 1.42 bits per heavy atom. The van der Waals surface area contributed by atoms with E-state index in [2.05, 4.69) is 4.74 Å². The zero-order valence-electron chi connectivity index (χ0n) is 11.3. The average Bonchev–Trinajstić information content (AvgIpc) is 2.75. The van der Waals surface area contributed by atoms with Gasteiger partial charge >= 0.3 is 5.97 Å². The predicted molar refractivity (Wildman–Crippen MR) is 70.1 cm³/mol. The lowest BCUT2D eigenvalue weighted by atomic mass is 10.1. The molecule has 1 fully saturated rings. The summed E-state index contributed by atoms with van der Waals surface area (Å²) in [6.07, 6.45) is 0.124. The van der Waals surface area contributed by atoms with E-state index < -0.39 is 5.92 Å². The molecule has 1 unspecified atom stereocenters. The van der Waals surface area contributed by atoms with Crippen LogP contribution in [0.15, 0.2) is 12.1 Å². The van der Waals surface area contributed by atoms with Crippen molar-refractivity contribution in [3.8, 4) is 5.75 Å². The average molecular weight is 263 g/mol. The summed E-state index contributed by atoms with van der Waals surface area (Å²) in [5.74, 6) is -0.933. The van der Waals surface area contributed by atoms with E-state index in [1.165, 1.54) is 12.0 Å². The lowest BCUT2D eigenvalue weighted by Gasteiger charge is -2.19. The molecule has 0 spiro atoms. The number of aryl methyl sites for hydroxylation is 2. The van der Waals surface area contributed by atoms with Crippen LogP contribution in [0.25, 0.3) is 0 Å². The first-order valence-corrected chi connectivity index (χ1v) is 6.12. The van der Waals surface area contributed by atoms with Crippen molar-refractivity contribution in [2.45, 2.75) is 20.3 Å². The summed E-state index contributed by atoms with van der Waals surface area (Å²) in [6.45, 7) is 3.93. The van der Waals surface area contributed by atoms with Gasteiger partial charge in [0.25, 0.3) is 0 Å². The second-order valence-electron chi connectivity index (χ2n) is 4.88. The summed E-state index contributed by atoms with van der Waals surface area (Å²) in [6, 6.07) is 3.59. The highest BCUT2D eigenvalue weighted by molar-refractivity contribution is 6.00. The molecule has 19 heavy (non-hydrogen) atoms. The van der Waals surface area contributed by atoms with Gasteiger partial charge in [-0.15, -0.1) is 0 Å². The van der Waals surface area contributed by atoms with Gasteiger partial charge in [0.05, 0.1) is 18.7 Å². The van der Waals surface area contributed by atoms with Gasteiger partial charge in [-0.05, 0) is 31.0 Å². The first-order chi connectivity index (χ1) is 8.93. The Morgan fingerprint density at radius 3 is 2.74 bits per heavy atom. The molecule has 1 N–H and O–H groups in total. The Hall–Kier alpha value is -2.04. The first-order valence-electron chi connectivity index (χ1n) is 6.12. The normalized spacial score (nSPS) is 18.8. The molecule has 0 aromatic heterocycles. The van der Waals surface area contributed by atoms with Crippen LogP contribution in [-0.2, 0) is 14.3 Å². The molecular formula is C14H17NO4. The van der Waals surface area contributed by atoms with E-state index >= 15 is 0 Å². The Bertz CT molecular complexity index is 538. The number of hydrogen-bond donors (Lipinski definition) is 1. The fourth-order valence-corrected chi connectivity index (χ4v) is 2.41. The summed E-state index contributed by atoms with van der Waals surface area (Å²) in [5.41, 5.74) is 2.14. The molecular weight excluding hydrogens is 246 g/mol. The third-order valence-corrected chi connectivity index (χ3v) is 3.38. The highest BCUT2D eigenvalue weighted by Gasteiger charge is 2.37.